The van der Waals surface area contributed by atoms with Gasteiger partial charge in [0.1, 0.15) is 34.5 Å². The Balaban J connectivity index is 0.000000128. The normalized spacial score (nSPS) is 16.8. The number of hydrogen-bond donors (Lipinski definition) is 3. The molecule has 3 aliphatic heterocycles. The first-order valence-electron chi connectivity index (χ1n) is 24.7. The van der Waals surface area contributed by atoms with Crippen LogP contribution in [0.15, 0.2) is 128 Å². The van der Waals surface area contributed by atoms with E-state index >= 15 is 0 Å². The summed E-state index contributed by atoms with van der Waals surface area (Å²) in [4.78, 5) is 13.6. The Labute approximate surface area is 466 Å². The lowest BCUT2D eigenvalue weighted by atomic mass is 9.98. The third kappa shape index (κ3) is 11.3. The minimum Gasteiger partial charge on any atom is -0.369 e. The van der Waals surface area contributed by atoms with Gasteiger partial charge in [0.25, 0.3) is 0 Å². The van der Waals surface area contributed by atoms with E-state index in [2.05, 4.69) is 69.9 Å². The number of nitrogens with one attached hydrogen (secondary N) is 3. The van der Waals surface area contributed by atoms with Gasteiger partial charge in [0.15, 0.2) is 0 Å². The van der Waals surface area contributed by atoms with Gasteiger partial charge in [0.2, 0.25) is 0 Å². The number of halogens is 3. The highest BCUT2D eigenvalue weighted by molar-refractivity contribution is 8.00. The Morgan fingerprint density at radius 2 is 0.720 bits per heavy atom. The summed E-state index contributed by atoms with van der Waals surface area (Å²) in [6.07, 6.45) is 5.45. The van der Waals surface area contributed by atoms with Gasteiger partial charge < -0.3 is 16.0 Å². The quantitative estimate of drug-likeness (QED) is 0.147. The van der Waals surface area contributed by atoms with Crippen LogP contribution in [0.1, 0.15) is 65.8 Å². The molecule has 0 saturated carbocycles. The maximum absolute atomic E-state index is 6.17. The molecule has 3 aromatic carbocycles. The monoisotopic (exact) mass is 1110 g/mol. The van der Waals surface area contributed by atoms with E-state index in [0.717, 1.165) is 104 Å². The Hall–Kier alpha value is -5.94. The van der Waals surface area contributed by atoms with Crippen molar-refractivity contribution >= 4 is 87.5 Å². The molecule has 9 heterocycles. The molecule has 3 atom stereocenters. The number of nitrogens with zero attached hydrogens (tertiary/aromatic N) is 9. The molecule has 18 heteroatoms. The molecule has 0 spiro atoms. The third-order valence-electron chi connectivity index (χ3n) is 13.3. The SMILES string of the molecule is Cc1cc(Cl)ccc1C1SCCNc2c1c(-c1ccccn1)nn2C.Cc1cc(Cl)ccc1[C@@H]1SCCNc2c1c(-c1ccccn1)nn2C.Cc1cc(Cl)ccc1[C@H]1SCCNc2c1c(-c1ccccn1)nn2C. The van der Waals surface area contributed by atoms with E-state index in [0.29, 0.717) is 0 Å². The zero-order valence-electron chi connectivity index (χ0n) is 42.5. The molecular weight excluding hydrogens is 1060 g/mol. The van der Waals surface area contributed by atoms with Crippen LogP contribution < -0.4 is 16.0 Å². The largest absolute Gasteiger partial charge is 0.369 e. The van der Waals surface area contributed by atoms with Gasteiger partial charge in [0.05, 0.1) is 32.8 Å². The van der Waals surface area contributed by atoms with Crippen molar-refractivity contribution in [3.8, 4) is 34.2 Å². The van der Waals surface area contributed by atoms with Crippen molar-refractivity contribution in [1.82, 2.24) is 44.3 Å². The van der Waals surface area contributed by atoms with Crippen molar-refractivity contribution in [1.29, 1.82) is 0 Å². The second-order valence-electron chi connectivity index (χ2n) is 18.4. The first kappa shape index (κ1) is 52.5. The fourth-order valence-corrected chi connectivity index (χ4v) is 14.4. The molecule has 12 rings (SSSR count). The van der Waals surface area contributed by atoms with Crippen LogP contribution >= 0.6 is 70.1 Å². The highest BCUT2D eigenvalue weighted by Gasteiger charge is 2.33. The lowest BCUT2D eigenvalue weighted by Crippen LogP contribution is -2.06. The van der Waals surface area contributed by atoms with E-state index in [-0.39, 0.29) is 15.7 Å². The Kier molecular flexibility index (Phi) is 16.5. The van der Waals surface area contributed by atoms with Crippen molar-refractivity contribution in [3.05, 3.63) is 193 Å². The third-order valence-corrected chi connectivity index (χ3v) is 17.8. The smallest absolute Gasteiger partial charge is 0.129 e. The first-order valence-corrected chi connectivity index (χ1v) is 29.0. The van der Waals surface area contributed by atoms with E-state index < -0.39 is 0 Å². The minimum absolute atomic E-state index is 0.202. The molecule has 12 nitrogen and oxygen atoms in total. The number of rotatable bonds is 6. The zero-order valence-corrected chi connectivity index (χ0v) is 47.2. The summed E-state index contributed by atoms with van der Waals surface area (Å²) in [6, 6.07) is 36.3. The second kappa shape index (κ2) is 23.5. The number of benzene rings is 3. The van der Waals surface area contributed by atoms with Gasteiger partial charge in [0, 0.05) is 108 Å². The average molecular weight is 1110 g/mol. The first-order chi connectivity index (χ1) is 36.4. The Morgan fingerprint density at radius 3 is 0.973 bits per heavy atom. The number of fused-ring (bicyclic) bond motifs is 3. The molecule has 6 aromatic heterocycles. The molecule has 75 heavy (non-hydrogen) atoms. The standard InChI is InChI=1S/3C19H19ClN4S/c3*1-12-11-13(20)6-7-14(12)18-16-17(15-5-3-4-8-21-15)23-24(2)19(16)22-9-10-25-18/h3*3-8,11,18,22H,9-10H2,1-2H3/t2*18-;/m10./s1. The summed E-state index contributed by atoms with van der Waals surface area (Å²) >= 11 is 24.3. The van der Waals surface area contributed by atoms with Crippen LogP contribution in [-0.2, 0) is 21.1 Å². The highest BCUT2D eigenvalue weighted by atomic mass is 35.5. The van der Waals surface area contributed by atoms with Crippen molar-refractivity contribution in [2.45, 2.75) is 36.5 Å². The van der Waals surface area contributed by atoms with Crippen LogP contribution in [-0.4, -0.2) is 81.2 Å². The average Bonchev–Trinajstić information content (AvgIpc) is 3.78. The van der Waals surface area contributed by atoms with E-state index in [9.17, 15) is 0 Å². The van der Waals surface area contributed by atoms with Gasteiger partial charge in [-0.15, -0.1) is 35.3 Å². The predicted molar refractivity (Wildman–Crippen MR) is 316 cm³/mol. The summed E-state index contributed by atoms with van der Waals surface area (Å²) in [5.41, 5.74) is 16.6. The molecule has 0 aliphatic carbocycles. The molecule has 9 aromatic rings. The molecule has 0 bridgehead atoms. The number of pyridine rings is 3. The van der Waals surface area contributed by atoms with E-state index in [1.54, 1.807) is 0 Å². The second-order valence-corrected chi connectivity index (χ2v) is 23.3. The van der Waals surface area contributed by atoms with Crippen LogP contribution in [0.25, 0.3) is 34.2 Å². The molecule has 1 unspecified atom stereocenters. The number of thioether (sulfide) groups is 3. The molecule has 0 fully saturated rings. The van der Waals surface area contributed by atoms with Gasteiger partial charge in [-0.25, -0.2) is 0 Å². The van der Waals surface area contributed by atoms with Crippen molar-refractivity contribution in [2.75, 3.05) is 52.8 Å². The number of hydrogen-bond acceptors (Lipinski definition) is 12. The van der Waals surface area contributed by atoms with Gasteiger partial charge in [-0.2, -0.15) is 15.3 Å². The van der Waals surface area contributed by atoms with E-state index in [1.807, 2.05) is 180 Å². The van der Waals surface area contributed by atoms with Gasteiger partial charge in [-0.05, 0) is 127 Å². The van der Waals surface area contributed by atoms with Crippen molar-refractivity contribution in [3.63, 3.8) is 0 Å². The fourth-order valence-electron chi connectivity index (χ4n) is 9.90. The lowest BCUT2D eigenvalue weighted by molar-refractivity contribution is 0.773. The lowest BCUT2D eigenvalue weighted by Gasteiger charge is -2.18. The van der Waals surface area contributed by atoms with E-state index in [1.165, 1.54) is 50.1 Å². The van der Waals surface area contributed by atoms with Gasteiger partial charge >= 0.3 is 0 Å². The molecule has 0 saturated heterocycles. The number of aromatic nitrogens is 9. The molecule has 3 aliphatic rings. The number of anilines is 3. The van der Waals surface area contributed by atoms with Gasteiger partial charge in [-0.1, -0.05) is 71.2 Å². The summed E-state index contributed by atoms with van der Waals surface area (Å²) in [7, 11) is 5.96. The Morgan fingerprint density at radius 1 is 0.427 bits per heavy atom. The van der Waals surface area contributed by atoms with Crippen molar-refractivity contribution in [2.24, 2.45) is 21.1 Å². The molecule has 3 N–H and O–H groups in total. The maximum atomic E-state index is 6.17. The summed E-state index contributed by atoms with van der Waals surface area (Å²) in [5.74, 6) is 6.31. The maximum Gasteiger partial charge on any atom is 0.129 e. The summed E-state index contributed by atoms with van der Waals surface area (Å²) in [5, 5.41) is 27.9. The fraction of sp³-hybridized carbons (Fsp3) is 0.263. The van der Waals surface area contributed by atoms with Crippen LogP contribution in [0.2, 0.25) is 15.1 Å². The molecule has 384 valence electrons. The predicted octanol–water partition coefficient (Wildman–Crippen LogP) is 14.1. The number of aryl methyl sites for hydroxylation is 6. The van der Waals surface area contributed by atoms with Crippen LogP contribution in [0.4, 0.5) is 17.5 Å². The summed E-state index contributed by atoms with van der Waals surface area (Å²) in [6.45, 7) is 9.12. The topological polar surface area (TPSA) is 128 Å². The molecular formula is C57H57Cl3N12S3. The van der Waals surface area contributed by atoms with Crippen LogP contribution in [0.5, 0.6) is 0 Å². The van der Waals surface area contributed by atoms with Crippen LogP contribution in [0, 0.1) is 20.8 Å². The molecule has 0 radical (unpaired) electrons. The molecule has 0 amide bonds. The highest BCUT2D eigenvalue weighted by Crippen LogP contribution is 2.49. The minimum atomic E-state index is 0.202. The zero-order chi connectivity index (χ0) is 52.2. The van der Waals surface area contributed by atoms with Crippen LogP contribution in [0.3, 0.4) is 0 Å². The van der Waals surface area contributed by atoms with E-state index in [4.69, 9.17) is 50.1 Å². The summed E-state index contributed by atoms with van der Waals surface area (Å²) < 4.78 is 5.80. The van der Waals surface area contributed by atoms with Crippen molar-refractivity contribution < 1.29 is 0 Å². The van der Waals surface area contributed by atoms with Gasteiger partial charge in [-0.3, -0.25) is 29.0 Å². The Bertz CT molecular complexity index is 3080.